The van der Waals surface area contributed by atoms with Gasteiger partial charge in [0.1, 0.15) is 5.75 Å². The van der Waals surface area contributed by atoms with E-state index in [0.29, 0.717) is 50.2 Å². The van der Waals surface area contributed by atoms with Crippen molar-refractivity contribution < 1.29 is 27.5 Å². The zero-order valence-corrected chi connectivity index (χ0v) is 25.4. The van der Waals surface area contributed by atoms with Gasteiger partial charge in [-0.05, 0) is 87.7 Å². The second-order valence-corrected chi connectivity index (χ2v) is 12.3. The largest absolute Gasteiger partial charge is 0.491 e. The molecule has 5 rings (SSSR count). The third-order valence-electron chi connectivity index (χ3n) is 9.48. The molecule has 3 atom stereocenters. The molecule has 3 aromatic carbocycles. The third-order valence-corrected chi connectivity index (χ3v) is 9.48. The average Bonchev–Trinajstić information content (AvgIpc) is 3.47. The molecule has 234 valence electrons. The molecule has 0 radical (unpaired) electrons. The van der Waals surface area contributed by atoms with Crippen LogP contribution in [0.15, 0.2) is 78.9 Å². The summed E-state index contributed by atoms with van der Waals surface area (Å²) in [6, 6.07) is 21.6. The molecule has 3 unspecified atom stereocenters. The van der Waals surface area contributed by atoms with Crippen molar-refractivity contribution in [3.63, 3.8) is 0 Å². The number of benzene rings is 3. The van der Waals surface area contributed by atoms with Gasteiger partial charge in [0, 0.05) is 30.1 Å². The van der Waals surface area contributed by atoms with Gasteiger partial charge in [-0.15, -0.1) is 0 Å². The first-order chi connectivity index (χ1) is 20.9. The SMILES string of the molecule is CCN1CCC(C(N)=O)(c2ccccc2)CC1C1(c2ccc(C(F)(F)F)cc2)CCN(C(=O)c2cccc(OC(C)C)c2)C1. The molecule has 0 spiro atoms. The van der Waals surface area contributed by atoms with Crippen LogP contribution >= 0.6 is 0 Å². The summed E-state index contributed by atoms with van der Waals surface area (Å²) in [6.07, 6.45) is -3.08. The molecule has 0 saturated carbocycles. The van der Waals surface area contributed by atoms with Crippen LogP contribution in [-0.4, -0.2) is 59.9 Å². The summed E-state index contributed by atoms with van der Waals surface area (Å²) in [5.74, 6) is 0.00795. The molecule has 2 saturated heterocycles. The average molecular weight is 608 g/mol. The molecule has 3 aromatic rings. The Bertz CT molecular complexity index is 1480. The number of carbonyl (C=O) groups is 2. The summed E-state index contributed by atoms with van der Waals surface area (Å²) in [5, 5.41) is 0. The molecule has 2 fully saturated rings. The predicted molar refractivity (Wildman–Crippen MR) is 163 cm³/mol. The molecule has 6 nitrogen and oxygen atoms in total. The first kappa shape index (κ1) is 31.6. The number of amides is 2. The number of primary amides is 1. The van der Waals surface area contributed by atoms with E-state index in [9.17, 15) is 22.8 Å². The van der Waals surface area contributed by atoms with E-state index in [2.05, 4.69) is 4.90 Å². The number of likely N-dealkylation sites (tertiary alicyclic amines) is 2. The van der Waals surface area contributed by atoms with E-state index in [1.807, 2.05) is 51.1 Å². The zero-order valence-electron chi connectivity index (χ0n) is 25.4. The Kier molecular flexibility index (Phi) is 8.80. The van der Waals surface area contributed by atoms with Crippen LogP contribution in [0.4, 0.5) is 13.2 Å². The van der Waals surface area contributed by atoms with Gasteiger partial charge >= 0.3 is 6.18 Å². The highest BCUT2D eigenvalue weighted by molar-refractivity contribution is 5.95. The van der Waals surface area contributed by atoms with Crippen LogP contribution < -0.4 is 10.5 Å². The fourth-order valence-electron chi connectivity index (χ4n) is 7.22. The van der Waals surface area contributed by atoms with Gasteiger partial charge in [-0.1, -0.05) is 55.5 Å². The Labute approximate surface area is 257 Å². The van der Waals surface area contributed by atoms with Crippen molar-refractivity contribution in [1.82, 2.24) is 9.80 Å². The van der Waals surface area contributed by atoms with Crippen LogP contribution in [0.3, 0.4) is 0 Å². The van der Waals surface area contributed by atoms with Crippen molar-refractivity contribution in [2.75, 3.05) is 26.2 Å². The monoisotopic (exact) mass is 607 g/mol. The van der Waals surface area contributed by atoms with Gasteiger partial charge in [-0.3, -0.25) is 14.5 Å². The summed E-state index contributed by atoms with van der Waals surface area (Å²) in [7, 11) is 0. The molecule has 2 aliphatic heterocycles. The van der Waals surface area contributed by atoms with E-state index in [-0.39, 0.29) is 24.6 Å². The quantitative estimate of drug-likeness (QED) is 0.332. The van der Waals surface area contributed by atoms with Gasteiger partial charge in [-0.2, -0.15) is 13.2 Å². The van der Waals surface area contributed by atoms with Crippen LogP contribution in [0.2, 0.25) is 0 Å². The summed E-state index contributed by atoms with van der Waals surface area (Å²) in [5.41, 5.74) is 5.80. The summed E-state index contributed by atoms with van der Waals surface area (Å²) in [6.45, 7) is 7.85. The van der Waals surface area contributed by atoms with E-state index >= 15 is 0 Å². The number of halogens is 3. The van der Waals surface area contributed by atoms with Gasteiger partial charge in [0.25, 0.3) is 5.91 Å². The molecule has 44 heavy (non-hydrogen) atoms. The number of nitrogens with two attached hydrogens (primary N) is 1. The van der Waals surface area contributed by atoms with Crippen molar-refractivity contribution in [3.05, 3.63) is 101 Å². The number of piperidine rings is 1. The third kappa shape index (κ3) is 5.94. The number of likely N-dealkylation sites (N-methyl/N-ethyl adjacent to an activating group) is 1. The van der Waals surface area contributed by atoms with Crippen LogP contribution in [-0.2, 0) is 21.8 Å². The van der Waals surface area contributed by atoms with Crippen LogP contribution in [0.5, 0.6) is 5.75 Å². The molecular formula is C35H40F3N3O3. The van der Waals surface area contributed by atoms with Crippen molar-refractivity contribution in [2.24, 2.45) is 5.73 Å². The lowest BCUT2D eigenvalue weighted by Gasteiger charge is -2.52. The maximum absolute atomic E-state index is 13.9. The van der Waals surface area contributed by atoms with Crippen molar-refractivity contribution in [3.8, 4) is 5.75 Å². The zero-order chi connectivity index (χ0) is 31.7. The molecule has 2 heterocycles. The highest BCUT2D eigenvalue weighted by Crippen LogP contribution is 2.49. The minimum atomic E-state index is -4.47. The van der Waals surface area contributed by atoms with Crippen molar-refractivity contribution >= 4 is 11.8 Å². The highest BCUT2D eigenvalue weighted by Gasteiger charge is 2.55. The lowest BCUT2D eigenvalue weighted by Crippen LogP contribution is -2.61. The number of carbonyl (C=O) groups excluding carboxylic acids is 2. The maximum Gasteiger partial charge on any atom is 0.416 e. The van der Waals surface area contributed by atoms with Crippen molar-refractivity contribution in [1.29, 1.82) is 0 Å². The van der Waals surface area contributed by atoms with Crippen LogP contribution in [0.1, 0.15) is 67.1 Å². The van der Waals surface area contributed by atoms with Crippen LogP contribution in [0.25, 0.3) is 0 Å². The van der Waals surface area contributed by atoms with Crippen molar-refractivity contribution in [2.45, 2.75) is 69.2 Å². The maximum atomic E-state index is 13.9. The number of hydrogen-bond donors (Lipinski definition) is 1. The molecule has 0 bridgehead atoms. The Morgan fingerprint density at radius 2 is 1.66 bits per heavy atom. The molecular weight excluding hydrogens is 567 g/mol. The highest BCUT2D eigenvalue weighted by atomic mass is 19.4. The van der Waals surface area contributed by atoms with Crippen LogP contribution in [0, 0.1) is 0 Å². The van der Waals surface area contributed by atoms with E-state index in [1.165, 1.54) is 0 Å². The van der Waals surface area contributed by atoms with E-state index < -0.39 is 28.5 Å². The number of rotatable bonds is 8. The standard InChI is InChI=1S/C35H40F3N3O3/c1-4-40-19-17-33(32(39)43,26-10-6-5-7-11-26)22-30(40)34(27-13-15-28(16-14-27)35(36,37)38)18-20-41(23-34)31(42)25-9-8-12-29(21-25)44-24(2)3/h5-16,21,24,30H,4,17-20,22-23H2,1-3H3,(H2,39,43). The summed E-state index contributed by atoms with van der Waals surface area (Å²) >= 11 is 0. The Morgan fingerprint density at radius 3 is 2.27 bits per heavy atom. The first-order valence-corrected chi connectivity index (χ1v) is 15.2. The lowest BCUT2D eigenvalue weighted by atomic mass is 9.61. The minimum absolute atomic E-state index is 0.0547. The van der Waals surface area contributed by atoms with Gasteiger partial charge in [0.15, 0.2) is 0 Å². The molecule has 2 aliphatic rings. The molecule has 0 aliphatic carbocycles. The molecule has 2 amide bonds. The number of ether oxygens (including phenoxy) is 1. The Hall–Kier alpha value is -3.85. The second kappa shape index (κ2) is 12.3. The summed E-state index contributed by atoms with van der Waals surface area (Å²) in [4.78, 5) is 31.3. The molecule has 2 N–H and O–H groups in total. The van der Waals surface area contributed by atoms with E-state index in [4.69, 9.17) is 10.5 Å². The van der Waals surface area contributed by atoms with Gasteiger partial charge in [0.2, 0.25) is 5.91 Å². The lowest BCUT2D eigenvalue weighted by molar-refractivity contribution is -0.137. The van der Waals surface area contributed by atoms with Gasteiger partial charge < -0.3 is 15.4 Å². The molecule has 0 aromatic heterocycles. The van der Waals surface area contributed by atoms with Gasteiger partial charge in [0.05, 0.1) is 17.1 Å². The first-order valence-electron chi connectivity index (χ1n) is 15.2. The fourth-order valence-corrected chi connectivity index (χ4v) is 7.22. The second-order valence-electron chi connectivity index (χ2n) is 12.3. The predicted octanol–water partition coefficient (Wildman–Crippen LogP) is 6.18. The smallest absolute Gasteiger partial charge is 0.416 e. The Morgan fingerprint density at radius 1 is 0.955 bits per heavy atom. The Balaban J connectivity index is 1.58. The normalized spacial score (nSPS) is 24.4. The van der Waals surface area contributed by atoms with E-state index in [1.54, 1.807) is 41.3 Å². The number of nitrogens with zero attached hydrogens (tertiary/aromatic N) is 2. The minimum Gasteiger partial charge on any atom is -0.491 e. The molecule has 9 heteroatoms. The summed E-state index contributed by atoms with van der Waals surface area (Å²) < 4.78 is 46.6. The fraction of sp³-hybridized carbons (Fsp3) is 0.429. The topological polar surface area (TPSA) is 75.9 Å². The number of hydrogen-bond acceptors (Lipinski definition) is 4. The van der Waals surface area contributed by atoms with Gasteiger partial charge in [-0.25, -0.2) is 0 Å². The number of alkyl halides is 3. The van der Waals surface area contributed by atoms with E-state index in [0.717, 1.165) is 23.3 Å².